The van der Waals surface area contributed by atoms with Crippen molar-refractivity contribution in [3.63, 3.8) is 0 Å². The number of fused-ring (bicyclic) bond motifs is 1. The highest BCUT2D eigenvalue weighted by atomic mass is 35.5. The molecule has 1 atom stereocenters. The summed E-state index contributed by atoms with van der Waals surface area (Å²) in [7, 11) is 1.90. The van der Waals surface area contributed by atoms with Gasteiger partial charge in [-0.25, -0.2) is 0 Å². The van der Waals surface area contributed by atoms with Crippen LogP contribution in [-0.2, 0) is 30.6 Å². The molecular weight excluding hydrogens is 348 g/mol. The third-order valence-electron chi connectivity index (χ3n) is 4.20. The molecule has 0 aromatic carbocycles. The van der Waals surface area contributed by atoms with E-state index in [1.54, 1.807) is 11.3 Å². The number of nitrogens with one attached hydrogen (secondary N) is 1. The number of thiophene rings is 1. The number of hydrogen-bond donors (Lipinski definition) is 1. The van der Waals surface area contributed by atoms with Gasteiger partial charge in [0.25, 0.3) is 0 Å². The molecule has 24 heavy (non-hydrogen) atoms. The van der Waals surface area contributed by atoms with Crippen LogP contribution < -0.4 is 5.32 Å². The normalized spacial score (nSPS) is 14.8. The van der Waals surface area contributed by atoms with E-state index in [0.29, 0.717) is 30.6 Å². The molecule has 1 aliphatic rings. The molecule has 132 valence electrons. The number of likely N-dealkylation sites (N-methyl/N-ethyl adjacent to an activating group) is 1. The number of nitrogens with zero attached hydrogens (tertiary/aromatic N) is 3. The van der Waals surface area contributed by atoms with E-state index in [0.717, 1.165) is 25.9 Å². The van der Waals surface area contributed by atoms with Gasteiger partial charge in [-0.1, -0.05) is 5.16 Å². The van der Waals surface area contributed by atoms with Crippen LogP contribution in [0.5, 0.6) is 0 Å². The maximum Gasteiger partial charge on any atom is 0.227 e. The van der Waals surface area contributed by atoms with Crippen LogP contribution in [0.2, 0.25) is 0 Å². The summed E-state index contributed by atoms with van der Waals surface area (Å²) >= 11 is 1.78. The van der Waals surface area contributed by atoms with E-state index in [1.165, 1.54) is 10.4 Å². The first kappa shape index (κ1) is 18.9. The van der Waals surface area contributed by atoms with Gasteiger partial charge < -0.3 is 14.7 Å². The second-order valence-electron chi connectivity index (χ2n) is 5.93. The lowest BCUT2D eigenvalue weighted by Gasteiger charge is -2.26. The zero-order chi connectivity index (χ0) is 16.2. The van der Waals surface area contributed by atoms with Crippen LogP contribution in [-0.4, -0.2) is 40.6 Å². The summed E-state index contributed by atoms with van der Waals surface area (Å²) in [4.78, 5) is 20.1. The average molecular weight is 371 g/mol. The molecule has 0 saturated carbocycles. The van der Waals surface area contributed by atoms with Crippen LogP contribution in [0, 0.1) is 0 Å². The van der Waals surface area contributed by atoms with Crippen molar-refractivity contribution in [2.75, 3.05) is 13.6 Å². The van der Waals surface area contributed by atoms with Gasteiger partial charge in [0.1, 0.15) is 0 Å². The summed E-state index contributed by atoms with van der Waals surface area (Å²) in [6.45, 7) is 3.60. The molecule has 3 heterocycles. The van der Waals surface area contributed by atoms with Crippen molar-refractivity contribution in [3.8, 4) is 0 Å². The Kier molecular flexibility index (Phi) is 6.77. The van der Waals surface area contributed by atoms with E-state index in [4.69, 9.17) is 4.52 Å². The minimum Gasteiger partial charge on any atom is -0.339 e. The van der Waals surface area contributed by atoms with Crippen molar-refractivity contribution >= 4 is 29.7 Å². The van der Waals surface area contributed by atoms with E-state index >= 15 is 0 Å². The third kappa shape index (κ3) is 4.55. The first-order valence-electron chi connectivity index (χ1n) is 7.97. The Balaban J connectivity index is 0.00000208. The average Bonchev–Trinajstić information content (AvgIpc) is 3.20. The smallest absolute Gasteiger partial charge is 0.227 e. The van der Waals surface area contributed by atoms with Crippen LogP contribution >= 0.6 is 23.7 Å². The van der Waals surface area contributed by atoms with Crippen LogP contribution in [0.4, 0.5) is 0 Å². The van der Waals surface area contributed by atoms with Crippen molar-refractivity contribution in [2.24, 2.45) is 0 Å². The Morgan fingerprint density at radius 2 is 2.38 bits per heavy atom. The molecule has 1 aliphatic heterocycles. The number of halogens is 1. The lowest BCUT2D eigenvalue weighted by atomic mass is 10.1. The third-order valence-corrected chi connectivity index (χ3v) is 5.23. The number of amides is 1. The molecular formula is C16H23ClN4O2S. The number of aryl methyl sites for hydroxylation is 1. The Hall–Kier alpha value is -1.44. The zero-order valence-corrected chi connectivity index (χ0v) is 15.6. The van der Waals surface area contributed by atoms with Gasteiger partial charge in [0.05, 0.1) is 0 Å². The van der Waals surface area contributed by atoms with E-state index in [1.807, 2.05) is 11.9 Å². The van der Waals surface area contributed by atoms with E-state index in [2.05, 4.69) is 33.8 Å². The first-order valence-corrected chi connectivity index (χ1v) is 8.85. The van der Waals surface area contributed by atoms with Gasteiger partial charge in [-0.3, -0.25) is 4.79 Å². The predicted octanol–water partition coefficient (Wildman–Crippen LogP) is 2.22. The van der Waals surface area contributed by atoms with Gasteiger partial charge in [-0.2, -0.15) is 4.98 Å². The monoisotopic (exact) mass is 370 g/mol. The minimum atomic E-state index is 0. The molecule has 1 N–H and O–H groups in total. The van der Waals surface area contributed by atoms with Crippen LogP contribution in [0.1, 0.15) is 35.5 Å². The van der Waals surface area contributed by atoms with Crippen LogP contribution in [0.15, 0.2) is 16.0 Å². The molecule has 0 spiro atoms. The molecule has 2 aromatic heterocycles. The van der Waals surface area contributed by atoms with Gasteiger partial charge in [0, 0.05) is 43.3 Å². The highest BCUT2D eigenvalue weighted by Gasteiger charge is 2.21. The molecule has 0 radical (unpaired) electrons. The summed E-state index contributed by atoms with van der Waals surface area (Å²) in [5.74, 6) is 1.39. The van der Waals surface area contributed by atoms with Gasteiger partial charge in [0.2, 0.25) is 11.8 Å². The minimum absolute atomic E-state index is 0. The fourth-order valence-corrected chi connectivity index (χ4v) is 3.57. The number of aromatic nitrogens is 2. The molecule has 0 aliphatic carbocycles. The van der Waals surface area contributed by atoms with E-state index < -0.39 is 0 Å². The van der Waals surface area contributed by atoms with Crippen LogP contribution in [0.3, 0.4) is 0 Å². The summed E-state index contributed by atoms with van der Waals surface area (Å²) < 4.78 is 5.23. The molecule has 1 unspecified atom stereocenters. The molecule has 0 saturated heterocycles. The molecule has 2 aromatic rings. The van der Waals surface area contributed by atoms with Crippen molar-refractivity contribution in [1.29, 1.82) is 0 Å². The van der Waals surface area contributed by atoms with Gasteiger partial charge in [-0.05, 0) is 37.4 Å². The Labute approximate surface area is 152 Å². The van der Waals surface area contributed by atoms with E-state index in [9.17, 15) is 4.79 Å². The Morgan fingerprint density at radius 1 is 1.54 bits per heavy atom. The molecule has 0 bridgehead atoms. The maximum absolute atomic E-state index is 12.4. The molecule has 1 amide bonds. The fourth-order valence-electron chi connectivity index (χ4n) is 2.68. The second kappa shape index (κ2) is 8.60. The van der Waals surface area contributed by atoms with Crippen molar-refractivity contribution in [2.45, 2.75) is 45.2 Å². The van der Waals surface area contributed by atoms with Gasteiger partial charge >= 0.3 is 0 Å². The van der Waals surface area contributed by atoms with Gasteiger partial charge in [-0.15, -0.1) is 23.7 Å². The highest BCUT2D eigenvalue weighted by molar-refractivity contribution is 7.10. The lowest BCUT2D eigenvalue weighted by Crippen LogP contribution is -2.35. The quantitative estimate of drug-likeness (QED) is 0.844. The predicted molar refractivity (Wildman–Crippen MR) is 95.5 cm³/mol. The standard InChI is InChI=1S/C16H22N4O2S.ClH/c1-11(17-2)9-14-18-15(22-19-14)3-4-16(21)20-7-5-13-12(10-20)6-8-23-13;/h6,8,11,17H,3-5,7,9-10H2,1-2H3;1H. The molecule has 6 nitrogen and oxygen atoms in total. The number of rotatable bonds is 6. The van der Waals surface area contributed by atoms with Crippen LogP contribution in [0.25, 0.3) is 0 Å². The summed E-state index contributed by atoms with van der Waals surface area (Å²) in [5.41, 5.74) is 1.29. The highest BCUT2D eigenvalue weighted by Crippen LogP contribution is 2.24. The zero-order valence-electron chi connectivity index (χ0n) is 13.9. The summed E-state index contributed by atoms with van der Waals surface area (Å²) in [6, 6.07) is 2.42. The summed E-state index contributed by atoms with van der Waals surface area (Å²) in [5, 5.41) is 9.21. The molecule has 8 heteroatoms. The Morgan fingerprint density at radius 3 is 3.17 bits per heavy atom. The largest absolute Gasteiger partial charge is 0.339 e. The lowest BCUT2D eigenvalue weighted by molar-refractivity contribution is -0.132. The molecule has 3 rings (SSSR count). The van der Waals surface area contributed by atoms with Crippen molar-refractivity contribution in [1.82, 2.24) is 20.4 Å². The first-order chi connectivity index (χ1) is 11.2. The molecule has 0 fully saturated rings. The van der Waals surface area contributed by atoms with E-state index in [-0.39, 0.29) is 18.3 Å². The van der Waals surface area contributed by atoms with Gasteiger partial charge in [0.15, 0.2) is 5.82 Å². The summed E-state index contributed by atoms with van der Waals surface area (Å²) in [6.07, 6.45) is 2.61. The van der Waals surface area contributed by atoms with Crippen molar-refractivity contribution in [3.05, 3.63) is 33.6 Å². The fraction of sp³-hybridized carbons (Fsp3) is 0.562. The maximum atomic E-state index is 12.4. The number of carbonyl (C=O) groups is 1. The topological polar surface area (TPSA) is 71.3 Å². The number of hydrogen-bond acceptors (Lipinski definition) is 6. The second-order valence-corrected chi connectivity index (χ2v) is 6.93. The van der Waals surface area contributed by atoms with Crippen molar-refractivity contribution < 1.29 is 9.32 Å². The SMILES string of the molecule is CNC(C)Cc1noc(CCC(=O)N2CCc3sccc3C2)n1.Cl. The Bertz CT molecular complexity index is 673. The number of carbonyl (C=O) groups excluding carboxylic acids is 1.